The van der Waals surface area contributed by atoms with E-state index < -0.39 is 5.41 Å². The number of hydrogen-bond donors (Lipinski definition) is 0. The zero-order valence-electron chi connectivity index (χ0n) is 62.3. The van der Waals surface area contributed by atoms with Crippen LogP contribution in [0.15, 0.2) is 267 Å². The SMILES string of the molecule is CC(C)c1ccc(N(c2ccc(C(C)C)cc2)c2ccc3c(c2)C2(c4cc(N(c5ccc(C(C)C)cc5)c5ccc(C(C)C)cc5)ccc4-3)c3cc(N(c4ccc(C(C)C)cc4)c4ccc(C(C)C)cc4)ccc3-c3ccc(N(c4ccc(C(C)C)cc4)c4ccc(C(C)C)cc4)cc32)cc1. The molecule has 508 valence electrons. The minimum atomic E-state index is -0.889. The first-order chi connectivity index (χ1) is 48.7. The Kier molecular flexibility index (Phi) is 18.7. The van der Waals surface area contributed by atoms with Crippen molar-refractivity contribution in [2.45, 2.75) is 164 Å². The molecule has 0 saturated heterocycles. The van der Waals surface area contributed by atoms with Crippen LogP contribution < -0.4 is 19.6 Å². The van der Waals surface area contributed by atoms with Crippen LogP contribution in [0, 0.1) is 0 Å². The topological polar surface area (TPSA) is 13.0 Å². The Bertz CT molecular complexity index is 4060. The van der Waals surface area contributed by atoms with E-state index in [-0.39, 0.29) is 0 Å². The van der Waals surface area contributed by atoms with Gasteiger partial charge in [0.15, 0.2) is 0 Å². The Morgan fingerprint density at radius 1 is 0.158 bits per heavy atom. The second-order valence-electron chi connectivity index (χ2n) is 31.0. The molecule has 12 aromatic rings. The highest BCUT2D eigenvalue weighted by Crippen LogP contribution is 2.66. The molecule has 2 aliphatic rings. The first-order valence-corrected chi connectivity index (χ1v) is 37.3. The molecule has 1 spiro atoms. The van der Waals surface area contributed by atoms with Crippen LogP contribution in [-0.4, -0.2) is 0 Å². The Morgan fingerprint density at radius 3 is 0.396 bits per heavy atom. The fraction of sp³-hybridized carbons (Fsp3) is 0.258. The van der Waals surface area contributed by atoms with Crippen LogP contribution in [0.3, 0.4) is 0 Å². The van der Waals surface area contributed by atoms with Gasteiger partial charge in [0.25, 0.3) is 0 Å². The molecule has 0 saturated carbocycles. The van der Waals surface area contributed by atoms with Crippen molar-refractivity contribution in [3.8, 4) is 22.3 Å². The van der Waals surface area contributed by atoms with Gasteiger partial charge in [-0.3, -0.25) is 0 Å². The summed E-state index contributed by atoms with van der Waals surface area (Å²) in [6.07, 6.45) is 0. The lowest BCUT2D eigenvalue weighted by Crippen LogP contribution is -2.27. The molecule has 4 heteroatoms. The van der Waals surface area contributed by atoms with E-state index in [9.17, 15) is 0 Å². The fourth-order valence-electron chi connectivity index (χ4n) is 15.6. The molecule has 0 aromatic heterocycles. The predicted molar refractivity (Wildman–Crippen MR) is 434 cm³/mol. The average Bonchev–Trinajstić information content (AvgIpc) is 1.50. The number of rotatable bonds is 20. The fourth-order valence-corrected chi connectivity index (χ4v) is 15.6. The van der Waals surface area contributed by atoms with Crippen molar-refractivity contribution in [1.29, 1.82) is 0 Å². The quantitative estimate of drug-likeness (QED) is 0.0754. The molecule has 0 aliphatic heterocycles. The van der Waals surface area contributed by atoms with Crippen molar-refractivity contribution in [3.05, 3.63) is 334 Å². The minimum Gasteiger partial charge on any atom is -0.310 e. The first-order valence-electron chi connectivity index (χ1n) is 37.3. The third-order valence-corrected chi connectivity index (χ3v) is 21.8. The summed E-state index contributed by atoms with van der Waals surface area (Å²) in [6.45, 7) is 36.6. The van der Waals surface area contributed by atoms with Crippen LogP contribution in [-0.2, 0) is 5.41 Å². The molecular weight excluding hydrogens is 1220 g/mol. The smallest absolute Gasteiger partial charge is 0.0728 e. The summed E-state index contributed by atoms with van der Waals surface area (Å²) in [4.78, 5) is 9.99. The molecule has 0 unspecified atom stereocenters. The lowest BCUT2D eigenvalue weighted by molar-refractivity contribution is 0.793. The van der Waals surface area contributed by atoms with Gasteiger partial charge in [-0.2, -0.15) is 0 Å². The summed E-state index contributed by atoms with van der Waals surface area (Å²) >= 11 is 0. The van der Waals surface area contributed by atoms with Crippen molar-refractivity contribution in [1.82, 2.24) is 0 Å². The number of hydrogen-bond acceptors (Lipinski definition) is 4. The van der Waals surface area contributed by atoms with E-state index >= 15 is 0 Å². The van der Waals surface area contributed by atoms with Crippen molar-refractivity contribution < 1.29 is 0 Å². The largest absolute Gasteiger partial charge is 0.310 e. The zero-order valence-corrected chi connectivity index (χ0v) is 62.3. The molecule has 0 heterocycles. The maximum atomic E-state index is 2.58. The van der Waals surface area contributed by atoms with Crippen LogP contribution in [0.4, 0.5) is 68.2 Å². The van der Waals surface area contributed by atoms with Gasteiger partial charge in [0.2, 0.25) is 0 Å². The van der Waals surface area contributed by atoms with Crippen molar-refractivity contribution in [3.63, 3.8) is 0 Å². The summed E-state index contributed by atoms with van der Waals surface area (Å²) in [5, 5.41) is 0. The monoisotopic (exact) mass is 1320 g/mol. The van der Waals surface area contributed by atoms with Gasteiger partial charge in [-0.25, -0.2) is 0 Å². The van der Waals surface area contributed by atoms with E-state index in [0.29, 0.717) is 47.3 Å². The maximum absolute atomic E-state index is 2.58. The van der Waals surface area contributed by atoms with E-state index in [4.69, 9.17) is 0 Å². The molecular formula is C97H100N4. The highest BCUT2D eigenvalue weighted by Gasteiger charge is 2.53. The Morgan fingerprint density at radius 2 is 0.277 bits per heavy atom. The zero-order chi connectivity index (χ0) is 70.7. The standard InChI is InChI=1S/C97H100N4/c1-61(2)69-17-33-77(34-18-69)98(78-35-19-70(20-36-78)62(3)4)85-49-53-89-90-54-50-86(99(79-37-21-71(22-38-79)63(5)6)80-39-23-72(24-40-80)64(7)8)58-94(90)97(93(89)57-85)95-59-87(100(81-41-25-73(26-42-81)65(9)10)82-43-27-74(28-44-82)66(11)12)51-55-91(95)92-56-52-88(60-96(92)97)101(83-45-29-75(30-46-83)67(13)14)84-47-31-76(32-48-84)68(15)16/h17-68H,1-16H3. The van der Waals surface area contributed by atoms with Crippen LogP contribution >= 0.6 is 0 Å². The molecule has 12 aromatic carbocycles. The molecule has 0 fully saturated rings. The molecule has 0 amide bonds. The molecule has 101 heavy (non-hydrogen) atoms. The highest BCUT2D eigenvalue weighted by molar-refractivity contribution is 6.00. The van der Waals surface area contributed by atoms with Gasteiger partial charge in [0.1, 0.15) is 0 Å². The Hall–Kier alpha value is -10.2. The van der Waals surface area contributed by atoms with Crippen molar-refractivity contribution in [2.75, 3.05) is 19.6 Å². The van der Waals surface area contributed by atoms with Gasteiger partial charge >= 0.3 is 0 Å². The second-order valence-corrected chi connectivity index (χ2v) is 31.0. The number of nitrogens with zero attached hydrogens (tertiary/aromatic N) is 4. The molecule has 2 aliphatic carbocycles. The lowest BCUT2D eigenvalue weighted by Gasteiger charge is -2.35. The Balaban J connectivity index is 1.10. The average molecular weight is 1320 g/mol. The van der Waals surface area contributed by atoms with E-state index in [0.717, 1.165) is 68.2 Å². The first kappa shape index (κ1) is 68.0. The summed E-state index contributed by atoms with van der Waals surface area (Å²) in [6, 6.07) is 104. The molecule has 0 radical (unpaired) electrons. The lowest BCUT2D eigenvalue weighted by atomic mass is 9.70. The molecule has 4 nitrogen and oxygen atoms in total. The Labute approximate surface area is 603 Å². The van der Waals surface area contributed by atoms with E-state index in [1.54, 1.807) is 0 Å². The normalized spacial score (nSPS) is 12.8. The third kappa shape index (κ3) is 12.7. The maximum Gasteiger partial charge on any atom is 0.0728 e. The van der Waals surface area contributed by atoms with Crippen molar-refractivity contribution in [2.24, 2.45) is 0 Å². The van der Waals surface area contributed by atoms with E-state index in [1.807, 2.05) is 0 Å². The molecule has 0 atom stereocenters. The van der Waals surface area contributed by atoms with Crippen LogP contribution in [0.2, 0.25) is 0 Å². The van der Waals surface area contributed by atoms with Gasteiger partial charge in [0.05, 0.1) is 5.41 Å². The number of benzene rings is 12. The van der Waals surface area contributed by atoms with Gasteiger partial charge in [0, 0.05) is 68.2 Å². The van der Waals surface area contributed by atoms with Crippen LogP contribution in [0.1, 0.15) is 225 Å². The summed E-state index contributed by atoms with van der Waals surface area (Å²) in [7, 11) is 0. The van der Waals surface area contributed by atoms with Crippen LogP contribution in [0.5, 0.6) is 0 Å². The van der Waals surface area contributed by atoms with Crippen molar-refractivity contribution >= 4 is 68.2 Å². The summed E-state index contributed by atoms with van der Waals surface area (Å²) in [5.74, 6) is 3.13. The molecule has 0 N–H and O–H groups in total. The minimum absolute atomic E-state index is 0.391. The van der Waals surface area contributed by atoms with E-state index in [2.05, 4.69) is 397 Å². The van der Waals surface area contributed by atoms with Gasteiger partial charge in [-0.1, -0.05) is 232 Å². The van der Waals surface area contributed by atoms with Gasteiger partial charge in [-0.15, -0.1) is 0 Å². The predicted octanol–water partition coefficient (Wildman–Crippen LogP) is 28.9. The van der Waals surface area contributed by atoms with Crippen LogP contribution in [0.25, 0.3) is 22.3 Å². The summed E-state index contributed by atoms with van der Waals surface area (Å²) in [5.41, 5.74) is 32.8. The number of fused-ring (bicyclic) bond motifs is 10. The third-order valence-electron chi connectivity index (χ3n) is 21.8. The summed E-state index contributed by atoms with van der Waals surface area (Å²) < 4.78 is 0. The second kappa shape index (κ2) is 27.8. The number of anilines is 12. The van der Waals surface area contributed by atoms with Gasteiger partial charge in [-0.05, 0) is 282 Å². The molecule has 0 bridgehead atoms. The molecule has 14 rings (SSSR count). The highest BCUT2D eigenvalue weighted by atomic mass is 15.2. The van der Waals surface area contributed by atoms with E-state index in [1.165, 1.54) is 89.0 Å². The van der Waals surface area contributed by atoms with Gasteiger partial charge < -0.3 is 19.6 Å².